The molecule has 0 bridgehead atoms. The van der Waals surface area contributed by atoms with Crippen molar-refractivity contribution in [3.63, 3.8) is 0 Å². The number of H-pyrrole nitrogens is 1. The van der Waals surface area contributed by atoms with E-state index in [1.165, 1.54) is 10.9 Å². The second-order valence-corrected chi connectivity index (χ2v) is 7.83. The van der Waals surface area contributed by atoms with Crippen LogP contribution < -0.4 is 10.3 Å². The Morgan fingerprint density at radius 1 is 1.43 bits per heavy atom. The van der Waals surface area contributed by atoms with Crippen molar-refractivity contribution in [3.8, 4) is 0 Å². The molecule has 116 valence electrons. The summed E-state index contributed by atoms with van der Waals surface area (Å²) in [7, 11) is -3.47. The normalized spacial score (nSPS) is 13.0. The lowest BCUT2D eigenvalue weighted by Gasteiger charge is -2.20. The number of aromatic nitrogens is 4. The molecule has 2 rings (SSSR count). The number of halogens is 1. The summed E-state index contributed by atoms with van der Waals surface area (Å²) in [6, 6.07) is 0. The molecule has 0 spiro atoms. The van der Waals surface area contributed by atoms with Gasteiger partial charge in [-0.1, -0.05) is 0 Å². The first kappa shape index (κ1) is 15.9. The molecule has 0 aromatic carbocycles. The van der Waals surface area contributed by atoms with Gasteiger partial charge in [0.1, 0.15) is 5.52 Å². The van der Waals surface area contributed by atoms with E-state index >= 15 is 0 Å². The maximum absolute atomic E-state index is 11.9. The van der Waals surface area contributed by atoms with Gasteiger partial charge in [0.2, 0.25) is 15.3 Å². The summed E-state index contributed by atoms with van der Waals surface area (Å²) in [5.41, 5.74) is -0.489. The fourth-order valence-electron chi connectivity index (χ4n) is 1.87. The van der Waals surface area contributed by atoms with Crippen LogP contribution in [0.25, 0.3) is 11.0 Å². The van der Waals surface area contributed by atoms with E-state index in [9.17, 15) is 13.2 Å². The zero-order chi connectivity index (χ0) is 15.8. The van der Waals surface area contributed by atoms with Crippen LogP contribution in [0.5, 0.6) is 0 Å². The number of hydrogen-bond acceptors (Lipinski definition) is 5. The van der Waals surface area contributed by atoms with E-state index in [-0.39, 0.29) is 23.1 Å². The number of hydrogen-bond donors (Lipinski definition) is 2. The summed E-state index contributed by atoms with van der Waals surface area (Å²) in [4.78, 5) is 18.1. The molecule has 0 atom stereocenters. The first-order valence-corrected chi connectivity index (χ1v) is 8.23. The van der Waals surface area contributed by atoms with Gasteiger partial charge in [-0.2, -0.15) is 5.10 Å². The first-order chi connectivity index (χ1) is 9.57. The van der Waals surface area contributed by atoms with Crippen LogP contribution in [0.3, 0.4) is 0 Å². The number of rotatable bonds is 4. The van der Waals surface area contributed by atoms with Crippen LogP contribution in [-0.2, 0) is 16.6 Å². The van der Waals surface area contributed by atoms with Gasteiger partial charge >= 0.3 is 0 Å². The topological polar surface area (TPSA) is 110 Å². The molecule has 10 heteroatoms. The van der Waals surface area contributed by atoms with Crippen molar-refractivity contribution >= 4 is 32.7 Å². The molecule has 0 fully saturated rings. The Bertz CT molecular complexity index is 818. The summed E-state index contributed by atoms with van der Waals surface area (Å²) >= 11 is 5.65. The molecule has 0 saturated carbocycles. The number of nitrogens with one attached hydrogen (secondary N) is 2. The molecule has 0 saturated heterocycles. The van der Waals surface area contributed by atoms with Crippen molar-refractivity contribution in [1.82, 2.24) is 24.5 Å². The molecule has 0 aliphatic carbocycles. The highest BCUT2D eigenvalue weighted by atomic mass is 35.5. The maximum atomic E-state index is 11.9. The number of nitrogens with zero attached hydrogens (tertiary/aromatic N) is 3. The number of fused-ring (bicyclic) bond motifs is 1. The van der Waals surface area contributed by atoms with Crippen LogP contribution in [0.15, 0.2) is 11.0 Å². The van der Waals surface area contributed by atoms with E-state index < -0.39 is 21.1 Å². The molecule has 0 radical (unpaired) electrons. The van der Waals surface area contributed by atoms with E-state index in [0.29, 0.717) is 5.52 Å². The zero-order valence-corrected chi connectivity index (χ0v) is 13.4. The summed E-state index contributed by atoms with van der Waals surface area (Å²) < 4.78 is 27.7. The fourth-order valence-corrected chi connectivity index (χ4v) is 3.50. The maximum Gasteiger partial charge on any atom is 0.278 e. The molecule has 0 aliphatic rings. The van der Waals surface area contributed by atoms with Crippen molar-refractivity contribution in [2.45, 2.75) is 32.9 Å². The van der Waals surface area contributed by atoms with Crippen molar-refractivity contribution in [1.29, 1.82) is 0 Å². The predicted octanol–water partition coefficient (Wildman–Crippen LogP) is 0.491. The molecule has 2 N–H and O–H groups in total. The molecule has 21 heavy (non-hydrogen) atoms. The highest BCUT2D eigenvalue weighted by molar-refractivity contribution is 7.89. The summed E-state index contributed by atoms with van der Waals surface area (Å²) in [5, 5.41) is 3.95. The van der Waals surface area contributed by atoms with Gasteiger partial charge in [0.15, 0.2) is 5.52 Å². The van der Waals surface area contributed by atoms with Gasteiger partial charge in [0.25, 0.3) is 5.56 Å². The third-order valence-corrected chi connectivity index (χ3v) is 4.33. The lowest BCUT2D eigenvalue weighted by atomic mass is 10.1. The second kappa shape index (κ2) is 5.39. The Morgan fingerprint density at radius 3 is 2.71 bits per heavy atom. The summed E-state index contributed by atoms with van der Waals surface area (Å²) in [6.45, 7) is 5.31. The molecule has 2 heterocycles. The minimum atomic E-state index is -3.47. The smallest absolute Gasteiger partial charge is 0.278 e. The average Bonchev–Trinajstić information content (AvgIpc) is 2.66. The predicted molar refractivity (Wildman–Crippen MR) is 79.8 cm³/mol. The van der Waals surface area contributed by atoms with Gasteiger partial charge in [0, 0.05) is 5.54 Å². The molecule has 2 aromatic heterocycles. The average molecular weight is 334 g/mol. The minimum Gasteiger partial charge on any atom is -0.295 e. The largest absolute Gasteiger partial charge is 0.295 e. The molecule has 8 nitrogen and oxygen atoms in total. The first-order valence-electron chi connectivity index (χ1n) is 6.20. The van der Waals surface area contributed by atoms with Crippen LogP contribution in [0, 0.1) is 0 Å². The lowest BCUT2D eigenvalue weighted by molar-refractivity contribution is 0.488. The molecule has 0 amide bonds. The van der Waals surface area contributed by atoms with Crippen LogP contribution in [-0.4, -0.2) is 39.5 Å². The SMILES string of the molecule is CC(C)(C)NS(=O)(=O)CCn1ncc2nc(Cl)[nH]c(=O)c21. The van der Waals surface area contributed by atoms with Gasteiger partial charge in [-0.3, -0.25) is 14.5 Å². The van der Waals surface area contributed by atoms with Crippen molar-refractivity contribution in [2.75, 3.05) is 5.75 Å². The zero-order valence-electron chi connectivity index (χ0n) is 11.8. The molecule has 0 unspecified atom stereocenters. The van der Waals surface area contributed by atoms with Crippen molar-refractivity contribution in [2.24, 2.45) is 0 Å². The summed E-state index contributed by atoms with van der Waals surface area (Å²) in [5.74, 6) is -0.191. The number of aromatic amines is 1. The molecule has 0 aliphatic heterocycles. The van der Waals surface area contributed by atoms with Gasteiger partial charge < -0.3 is 0 Å². The highest BCUT2D eigenvalue weighted by Crippen LogP contribution is 2.09. The Balaban J connectivity index is 2.24. The lowest BCUT2D eigenvalue weighted by Crippen LogP contribution is -2.42. The van der Waals surface area contributed by atoms with E-state index in [2.05, 4.69) is 19.8 Å². The number of aryl methyl sites for hydroxylation is 1. The van der Waals surface area contributed by atoms with Crippen molar-refractivity contribution in [3.05, 3.63) is 21.8 Å². The fraction of sp³-hybridized carbons (Fsp3) is 0.545. The standard InChI is InChI=1S/C11H16ClN5O3S/c1-11(2,3)16-21(19,20)5-4-17-8-7(6-13-17)14-10(12)15-9(8)18/h6,16H,4-5H2,1-3H3,(H,14,15,18). The molecular formula is C11H16ClN5O3S. The highest BCUT2D eigenvalue weighted by Gasteiger charge is 2.20. The third-order valence-electron chi connectivity index (χ3n) is 2.50. The second-order valence-electron chi connectivity index (χ2n) is 5.63. The van der Waals surface area contributed by atoms with Crippen LogP contribution in [0.2, 0.25) is 5.28 Å². The van der Waals surface area contributed by atoms with Gasteiger partial charge in [-0.15, -0.1) is 0 Å². The monoisotopic (exact) mass is 333 g/mol. The van der Waals surface area contributed by atoms with Gasteiger partial charge in [-0.25, -0.2) is 18.1 Å². The van der Waals surface area contributed by atoms with E-state index in [0.717, 1.165) is 0 Å². The van der Waals surface area contributed by atoms with Crippen LogP contribution >= 0.6 is 11.6 Å². The Morgan fingerprint density at radius 2 is 2.10 bits per heavy atom. The Hall–Kier alpha value is -1.45. The van der Waals surface area contributed by atoms with Gasteiger partial charge in [-0.05, 0) is 32.4 Å². The van der Waals surface area contributed by atoms with Crippen molar-refractivity contribution < 1.29 is 8.42 Å². The van der Waals surface area contributed by atoms with Crippen LogP contribution in [0.1, 0.15) is 20.8 Å². The minimum absolute atomic E-state index is 0.0333. The summed E-state index contributed by atoms with van der Waals surface area (Å²) in [6.07, 6.45) is 1.38. The van der Waals surface area contributed by atoms with E-state index in [4.69, 9.17) is 11.6 Å². The van der Waals surface area contributed by atoms with Crippen LogP contribution in [0.4, 0.5) is 0 Å². The van der Waals surface area contributed by atoms with Gasteiger partial charge in [0.05, 0.1) is 18.5 Å². The third kappa shape index (κ3) is 4.02. The Kier molecular flexibility index (Phi) is 4.09. The molecular weight excluding hydrogens is 318 g/mol. The van der Waals surface area contributed by atoms with E-state index in [1.807, 2.05) is 0 Å². The number of sulfonamides is 1. The Labute approximate surface area is 126 Å². The molecule has 2 aromatic rings. The van der Waals surface area contributed by atoms with E-state index in [1.54, 1.807) is 20.8 Å². The quantitative estimate of drug-likeness (QED) is 0.791.